The molecule has 3 aromatic heterocycles. The van der Waals surface area contributed by atoms with Gasteiger partial charge in [0.25, 0.3) is 11.1 Å². The van der Waals surface area contributed by atoms with Gasteiger partial charge in [0.15, 0.2) is 0 Å². The average Bonchev–Trinajstić information content (AvgIpc) is 2.69. The molecular formula is C12H8N4O2S. The number of hydrogen-bond donors (Lipinski definition) is 0. The number of hydrogen-bond acceptors (Lipinski definition) is 6. The van der Waals surface area contributed by atoms with E-state index >= 15 is 0 Å². The zero-order valence-corrected chi connectivity index (χ0v) is 10.7. The van der Waals surface area contributed by atoms with Gasteiger partial charge in [-0.25, -0.2) is 0 Å². The standard InChI is InChI=1S/C12H8N4O2S/c1-7-10(17)14-12-16(15-7)11(18)9(19-12)5-8-3-2-4-13-6-8/h2-6H,1H3. The van der Waals surface area contributed by atoms with Crippen molar-refractivity contribution in [2.24, 2.45) is 0 Å². The molecule has 0 saturated heterocycles. The molecule has 3 heterocycles. The maximum absolute atomic E-state index is 12.1. The quantitative estimate of drug-likeness (QED) is 0.611. The van der Waals surface area contributed by atoms with Crippen LogP contribution in [-0.4, -0.2) is 19.6 Å². The molecule has 19 heavy (non-hydrogen) atoms. The molecule has 94 valence electrons. The van der Waals surface area contributed by atoms with Gasteiger partial charge < -0.3 is 0 Å². The minimum absolute atomic E-state index is 0.209. The highest BCUT2D eigenvalue weighted by Gasteiger charge is 2.07. The Balaban J connectivity index is 2.33. The average molecular weight is 272 g/mol. The minimum Gasteiger partial charge on any atom is -0.266 e. The highest BCUT2D eigenvalue weighted by Crippen LogP contribution is 1.99. The third kappa shape index (κ3) is 2.04. The van der Waals surface area contributed by atoms with Gasteiger partial charge in [-0.05, 0) is 24.6 Å². The third-order valence-corrected chi connectivity index (χ3v) is 3.48. The van der Waals surface area contributed by atoms with Crippen LogP contribution < -0.4 is 15.7 Å². The Hall–Kier alpha value is -2.41. The van der Waals surface area contributed by atoms with Gasteiger partial charge in [-0.3, -0.25) is 14.6 Å². The number of pyridine rings is 1. The van der Waals surface area contributed by atoms with E-state index in [-0.39, 0.29) is 11.3 Å². The number of fused-ring (bicyclic) bond motifs is 1. The van der Waals surface area contributed by atoms with Gasteiger partial charge in [-0.2, -0.15) is 14.6 Å². The van der Waals surface area contributed by atoms with Gasteiger partial charge in [0, 0.05) is 12.4 Å². The maximum Gasteiger partial charge on any atom is 0.295 e. The van der Waals surface area contributed by atoms with Crippen LogP contribution in [0, 0.1) is 6.92 Å². The topological polar surface area (TPSA) is 77.2 Å². The molecule has 0 spiro atoms. The summed E-state index contributed by atoms with van der Waals surface area (Å²) in [7, 11) is 0. The summed E-state index contributed by atoms with van der Waals surface area (Å²) in [4.78, 5) is 31.6. The lowest BCUT2D eigenvalue weighted by Gasteiger charge is -1.89. The van der Waals surface area contributed by atoms with Crippen LogP contribution in [0.1, 0.15) is 11.3 Å². The van der Waals surface area contributed by atoms with Crippen LogP contribution in [0.4, 0.5) is 0 Å². The second-order valence-corrected chi connectivity index (χ2v) is 4.91. The van der Waals surface area contributed by atoms with Crippen molar-refractivity contribution in [2.75, 3.05) is 0 Å². The molecule has 0 fully saturated rings. The summed E-state index contributed by atoms with van der Waals surface area (Å²) in [5.74, 6) is 0. The van der Waals surface area contributed by atoms with Crippen LogP contribution in [0.3, 0.4) is 0 Å². The van der Waals surface area contributed by atoms with Gasteiger partial charge in [-0.1, -0.05) is 17.4 Å². The fourth-order valence-electron chi connectivity index (χ4n) is 1.60. The van der Waals surface area contributed by atoms with Crippen LogP contribution in [0.25, 0.3) is 11.0 Å². The minimum atomic E-state index is -0.408. The Morgan fingerprint density at radius 2 is 2.21 bits per heavy atom. The summed E-state index contributed by atoms with van der Waals surface area (Å²) in [6.45, 7) is 1.53. The van der Waals surface area contributed by atoms with Crippen molar-refractivity contribution >= 4 is 22.4 Å². The van der Waals surface area contributed by atoms with E-state index < -0.39 is 5.56 Å². The number of aromatic nitrogens is 4. The lowest BCUT2D eigenvalue weighted by Crippen LogP contribution is -2.27. The van der Waals surface area contributed by atoms with Crippen LogP contribution in [0.5, 0.6) is 0 Å². The first-order valence-corrected chi connectivity index (χ1v) is 6.29. The SMILES string of the molecule is Cc1nn2c(=O)c(=Cc3cccnc3)sc2nc1=O. The molecule has 0 atom stereocenters. The number of aryl methyl sites for hydroxylation is 1. The van der Waals surface area contributed by atoms with Crippen LogP contribution in [-0.2, 0) is 0 Å². The molecule has 3 rings (SSSR count). The predicted octanol–water partition coefficient (Wildman–Crippen LogP) is -0.238. The van der Waals surface area contributed by atoms with E-state index in [1.807, 2.05) is 6.07 Å². The van der Waals surface area contributed by atoms with Crippen molar-refractivity contribution in [1.29, 1.82) is 0 Å². The summed E-state index contributed by atoms with van der Waals surface area (Å²) in [6.07, 6.45) is 5.01. The lowest BCUT2D eigenvalue weighted by atomic mass is 10.3. The first-order valence-electron chi connectivity index (χ1n) is 5.47. The number of nitrogens with zero attached hydrogens (tertiary/aromatic N) is 4. The lowest BCUT2D eigenvalue weighted by molar-refractivity contribution is 0.833. The van der Waals surface area contributed by atoms with E-state index in [2.05, 4.69) is 15.1 Å². The Labute approximate surface area is 110 Å². The van der Waals surface area contributed by atoms with Crippen LogP contribution in [0.2, 0.25) is 0 Å². The van der Waals surface area contributed by atoms with E-state index in [0.29, 0.717) is 9.49 Å². The summed E-state index contributed by atoms with van der Waals surface area (Å²) in [5, 5.41) is 3.94. The molecular weight excluding hydrogens is 264 g/mol. The van der Waals surface area contributed by atoms with E-state index in [1.54, 1.807) is 24.5 Å². The molecule has 0 amide bonds. The Morgan fingerprint density at radius 3 is 2.95 bits per heavy atom. The maximum atomic E-state index is 12.1. The van der Waals surface area contributed by atoms with Gasteiger partial charge >= 0.3 is 0 Å². The second-order valence-electron chi connectivity index (χ2n) is 3.90. The zero-order chi connectivity index (χ0) is 13.4. The number of rotatable bonds is 1. The second kappa shape index (κ2) is 4.36. The highest BCUT2D eigenvalue weighted by molar-refractivity contribution is 7.15. The molecule has 6 nitrogen and oxygen atoms in total. The van der Waals surface area contributed by atoms with E-state index in [0.717, 1.165) is 21.4 Å². The Kier molecular flexibility index (Phi) is 2.68. The molecule has 0 N–H and O–H groups in total. The smallest absolute Gasteiger partial charge is 0.266 e. The zero-order valence-electron chi connectivity index (χ0n) is 9.90. The molecule has 7 heteroatoms. The van der Waals surface area contributed by atoms with Crippen LogP contribution in [0.15, 0.2) is 34.1 Å². The van der Waals surface area contributed by atoms with E-state index in [1.165, 1.54) is 6.92 Å². The predicted molar refractivity (Wildman–Crippen MR) is 71.2 cm³/mol. The first kappa shape index (κ1) is 11.7. The monoisotopic (exact) mass is 272 g/mol. The summed E-state index contributed by atoms with van der Waals surface area (Å²) < 4.78 is 1.63. The summed E-state index contributed by atoms with van der Waals surface area (Å²) in [5.41, 5.74) is 0.333. The molecule has 0 unspecified atom stereocenters. The van der Waals surface area contributed by atoms with Crippen molar-refractivity contribution < 1.29 is 0 Å². The summed E-state index contributed by atoms with van der Waals surface area (Å²) in [6, 6.07) is 3.62. The molecule has 0 saturated carbocycles. The van der Waals surface area contributed by atoms with E-state index in [4.69, 9.17) is 0 Å². The molecule has 0 aliphatic rings. The molecule has 3 aromatic rings. The first-order chi connectivity index (χ1) is 9.15. The molecule has 0 bridgehead atoms. The van der Waals surface area contributed by atoms with Gasteiger partial charge in [0.1, 0.15) is 5.69 Å². The highest BCUT2D eigenvalue weighted by atomic mass is 32.1. The molecule has 0 aliphatic heterocycles. The fourth-order valence-corrected chi connectivity index (χ4v) is 2.50. The fraction of sp³-hybridized carbons (Fsp3) is 0.0833. The Morgan fingerprint density at radius 1 is 1.37 bits per heavy atom. The van der Waals surface area contributed by atoms with Crippen molar-refractivity contribution in [1.82, 2.24) is 19.6 Å². The van der Waals surface area contributed by atoms with Crippen molar-refractivity contribution in [3.05, 3.63) is 61.0 Å². The van der Waals surface area contributed by atoms with Crippen molar-refractivity contribution in [3.63, 3.8) is 0 Å². The third-order valence-electron chi connectivity index (χ3n) is 2.52. The Bertz CT molecular complexity index is 915. The summed E-state index contributed by atoms with van der Waals surface area (Å²) >= 11 is 1.14. The largest absolute Gasteiger partial charge is 0.295 e. The normalized spacial score (nSPS) is 12.2. The van der Waals surface area contributed by atoms with Crippen molar-refractivity contribution in [3.8, 4) is 0 Å². The number of thiazole rings is 1. The van der Waals surface area contributed by atoms with E-state index in [9.17, 15) is 9.59 Å². The van der Waals surface area contributed by atoms with Crippen LogP contribution >= 0.6 is 11.3 Å². The van der Waals surface area contributed by atoms with Gasteiger partial charge in [0.2, 0.25) is 4.96 Å². The molecule has 0 aliphatic carbocycles. The molecule has 0 radical (unpaired) electrons. The van der Waals surface area contributed by atoms with Gasteiger partial charge in [0.05, 0.1) is 4.53 Å². The van der Waals surface area contributed by atoms with Gasteiger partial charge in [-0.15, -0.1) is 0 Å². The molecule has 0 aromatic carbocycles. The van der Waals surface area contributed by atoms with Crippen molar-refractivity contribution in [2.45, 2.75) is 6.92 Å².